The maximum atomic E-state index is 12.0. The molecule has 0 radical (unpaired) electrons. The Morgan fingerprint density at radius 2 is 0.675 bits per heavy atom. The van der Waals surface area contributed by atoms with Gasteiger partial charge in [-0.05, 0) is 32.7 Å². The van der Waals surface area contributed by atoms with Crippen LogP contribution in [0.4, 0.5) is 0 Å². The van der Waals surface area contributed by atoms with Gasteiger partial charge in [0, 0.05) is 40.5 Å². The predicted molar refractivity (Wildman–Crippen MR) is 165 cm³/mol. The minimum Gasteiger partial charge on any atom is -0.466 e. The maximum Gasteiger partial charge on any atom is 0.307 e. The molecule has 0 amide bonds. The number of rotatable bonds is 32. The molecular formula is C33H65NO6. The highest BCUT2D eigenvalue weighted by Crippen LogP contribution is 2.12. The first-order chi connectivity index (χ1) is 19.6. The van der Waals surface area contributed by atoms with Gasteiger partial charge in [0.25, 0.3) is 0 Å². The summed E-state index contributed by atoms with van der Waals surface area (Å²) >= 11 is 0. The van der Waals surface area contributed by atoms with Crippen LogP contribution in [0.25, 0.3) is 0 Å². The van der Waals surface area contributed by atoms with Gasteiger partial charge in [-0.15, -0.1) is 0 Å². The number of carbonyl (C=O) groups is 2. The first-order valence-corrected chi connectivity index (χ1v) is 16.6. The highest BCUT2D eigenvalue weighted by Gasteiger charge is 2.09. The largest absolute Gasteiger partial charge is 0.466 e. The van der Waals surface area contributed by atoms with Gasteiger partial charge in [0.1, 0.15) is 0 Å². The lowest BCUT2D eigenvalue weighted by Gasteiger charge is -2.15. The highest BCUT2D eigenvalue weighted by molar-refractivity contribution is 5.70. The predicted octanol–water partition coefficient (Wildman–Crippen LogP) is 7.88. The van der Waals surface area contributed by atoms with Gasteiger partial charge in [-0.3, -0.25) is 9.59 Å². The van der Waals surface area contributed by atoms with E-state index in [0.717, 1.165) is 38.9 Å². The van der Waals surface area contributed by atoms with Gasteiger partial charge in [0.15, 0.2) is 0 Å². The number of hydrogen-bond donors (Lipinski definition) is 0. The van der Waals surface area contributed by atoms with Crippen LogP contribution in [0.1, 0.15) is 141 Å². The van der Waals surface area contributed by atoms with Crippen LogP contribution in [0.15, 0.2) is 0 Å². The van der Waals surface area contributed by atoms with Crippen molar-refractivity contribution in [2.45, 2.75) is 141 Å². The number of nitrogens with zero attached hydrogens (tertiary/aromatic N) is 1. The minimum absolute atomic E-state index is 0.148. The second-order valence-corrected chi connectivity index (χ2v) is 11.3. The fourth-order valence-corrected chi connectivity index (χ4v) is 4.72. The van der Waals surface area contributed by atoms with Gasteiger partial charge in [-0.2, -0.15) is 0 Å². The smallest absolute Gasteiger partial charge is 0.307 e. The Labute approximate surface area is 247 Å². The third-order valence-corrected chi connectivity index (χ3v) is 7.41. The van der Waals surface area contributed by atoms with Gasteiger partial charge in [0.2, 0.25) is 0 Å². The van der Waals surface area contributed by atoms with Crippen molar-refractivity contribution in [2.24, 2.45) is 0 Å². The van der Waals surface area contributed by atoms with Crippen molar-refractivity contribution >= 4 is 11.9 Å². The number of hydrogen-bond acceptors (Lipinski definition) is 7. The van der Waals surface area contributed by atoms with E-state index >= 15 is 0 Å². The fraction of sp³-hybridized carbons (Fsp3) is 0.939. The molecule has 0 heterocycles. The first kappa shape index (κ1) is 38.8. The van der Waals surface area contributed by atoms with Gasteiger partial charge in [-0.1, -0.05) is 103 Å². The standard InChI is InChI=1S/C33H65NO6/c1-34(26-24-32(35)39-30-22-18-14-10-6-4-8-12-16-20-28-37-2)27-25-33(36)40-31-23-19-15-11-7-5-9-13-17-21-29-38-3/h4-31H2,1-3H3. The van der Waals surface area contributed by atoms with E-state index in [1.807, 2.05) is 11.9 Å². The normalized spacial score (nSPS) is 11.3. The minimum atomic E-state index is -0.148. The summed E-state index contributed by atoms with van der Waals surface area (Å²) in [6.45, 7) is 4.01. The molecule has 0 bridgehead atoms. The summed E-state index contributed by atoms with van der Waals surface area (Å²) in [7, 11) is 5.46. The zero-order valence-electron chi connectivity index (χ0n) is 26.7. The average Bonchev–Trinajstić information content (AvgIpc) is 2.95. The van der Waals surface area contributed by atoms with Crippen LogP contribution < -0.4 is 0 Å². The summed E-state index contributed by atoms with van der Waals surface area (Å²) in [6.07, 6.45) is 25.3. The van der Waals surface area contributed by atoms with Gasteiger partial charge in [-0.25, -0.2) is 0 Å². The molecule has 0 aromatic rings. The average molecular weight is 572 g/mol. The molecule has 7 nitrogen and oxygen atoms in total. The second kappa shape index (κ2) is 32.3. The van der Waals surface area contributed by atoms with Crippen molar-refractivity contribution in [2.75, 3.05) is 60.8 Å². The van der Waals surface area contributed by atoms with E-state index in [1.165, 1.54) is 103 Å². The lowest BCUT2D eigenvalue weighted by molar-refractivity contribution is -0.144. The van der Waals surface area contributed by atoms with E-state index in [0.29, 0.717) is 39.1 Å². The molecule has 40 heavy (non-hydrogen) atoms. The number of ether oxygens (including phenoxy) is 4. The van der Waals surface area contributed by atoms with Crippen molar-refractivity contribution in [1.82, 2.24) is 4.90 Å². The van der Waals surface area contributed by atoms with E-state index in [1.54, 1.807) is 14.2 Å². The summed E-state index contributed by atoms with van der Waals surface area (Å²) in [4.78, 5) is 26.0. The maximum absolute atomic E-state index is 12.0. The zero-order valence-corrected chi connectivity index (χ0v) is 26.7. The summed E-state index contributed by atoms with van der Waals surface area (Å²) in [5.74, 6) is -0.296. The third kappa shape index (κ3) is 31.3. The molecule has 7 heteroatoms. The van der Waals surface area contributed by atoms with Crippen LogP contribution in [-0.4, -0.2) is 77.6 Å². The summed E-state index contributed by atoms with van der Waals surface area (Å²) < 4.78 is 20.9. The molecule has 238 valence electrons. The lowest BCUT2D eigenvalue weighted by atomic mass is 10.1. The molecule has 0 aliphatic rings. The van der Waals surface area contributed by atoms with Crippen LogP contribution in [0.3, 0.4) is 0 Å². The Morgan fingerprint density at radius 1 is 0.425 bits per heavy atom. The van der Waals surface area contributed by atoms with Gasteiger partial charge < -0.3 is 23.8 Å². The molecule has 0 aromatic carbocycles. The molecule has 0 fully saturated rings. The summed E-state index contributed by atoms with van der Waals surface area (Å²) in [5.41, 5.74) is 0. The Kier molecular flexibility index (Phi) is 31.4. The fourth-order valence-electron chi connectivity index (χ4n) is 4.72. The number of methoxy groups -OCH3 is 2. The molecule has 0 aromatic heterocycles. The lowest BCUT2D eigenvalue weighted by Crippen LogP contribution is -2.26. The van der Waals surface area contributed by atoms with Crippen LogP contribution in [0.5, 0.6) is 0 Å². The summed E-state index contributed by atoms with van der Waals surface area (Å²) in [6, 6.07) is 0. The molecule has 0 atom stereocenters. The highest BCUT2D eigenvalue weighted by atomic mass is 16.5. The van der Waals surface area contributed by atoms with E-state index in [9.17, 15) is 9.59 Å². The van der Waals surface area contributed by atoms with Crippen molar-refractivity contribution < 1.29 is 28.5 Å². The first-order valence-electron chi connectivity index (χ1n) is 16.6. The van der Waals surface area contributed by atoms with Crippen molar-refractivity contribution in [3.63, 3.8) is 0 Å². The molecular weight excluding hydrogens is 506 g/mol. The molecule has 0 unspecified atom stereocenters. The molecule has 0 saturated heterocycles. The number of carbonyl (C=O) groups excluding carboxylic acids is 2. The Balaban J connectivity index is 3.39. The van der Waals surface area contributed by atoms with E-state index in [-0.39, 0.29) is 11.9 Å². The molecule has 0 aliphatic carbocycles. The zero-order chi connectivity index (χ0) is 29.4. The Bertz CT molecular complexity index is 499. The number of esters is 2. The Morgan fingerprint density at radius 3 is 0.950 bits per heavy atom. The summed E-state index contributed by atoms with van der Waals surface area (Å²) in [5, 5.41) is 0. The molecule has 0 rings (SSSR count). The van der Waals surface area contributed by atoms with E-state index in [2.05, 4.69) is 0 Å². The number of unbranched alkanes of at least 4 members (excludes halogenated alkanes) is 18. The monoisotopic (exact) mass is 571 g/mol. The van der Waals surface area contributed by atoms with Gasteiger partial charge >= 0.3 is 11.9 Å². The van der Waals surface area contributed by atoms with Crippen LogP contribution in [0, 0.1) is 0 Å². The van der Waals surface area contributed by atoms with Crippen LogP contribution >= 0.6 is 0 Å². The Hall–Kier alpha value is -1.18. The van der Waals surface area contributed by atoms with Crippen LogP contribution in [-0.2, 0) is 28.5 Å². The SMILES string of the molecule is COCCCCCCCCCCCCOC(=O)CCN(C)CCC(=O)OCCCCCCCCCCCCOC. The van der Waals surface area contributed by atoms with Crippen molar-refractivity contribution in [3.05, 3.63) is 0 Å². The topological polar surface area (TPSA) is 74.3 Å². The molecule has 0 N–H and O–H groups in total. The second-order valence-electron chi connectivity index (χ2n) is 11.3. The van der Waals surface area contributed by atoms with Crippen LogP contribution in [0.2, 0.25) is 0 Å². The van der Waals surface area contributed by atoms with Gasteiger partial charge in [0.05, 0.1) is 26.1 Å². The third-order valence-electron chi connectivity index (χ3n) is 7.41. The molecule has 0 saturated carbocycles. The quantitative estimate of drug-likeness (QED) is 0.0600. The molecule has 0 aliphatic heterocycles. The van der Waals surface area contributed by atoms with E-state index in [4.69, 9.17) is 18.9 Å². The van der Waals surface area contributed by atoms with E-state index < -0.39 is 0 Å². The molecule has 0 spiro atoms. The van der Waals surface area contributed by atoms with Crippen molar-refractivity contribution in [1.29, 1.82) is 0 Å². The van der Waals surface area contributed by atoms with Crippen molar-refractivity contribution in [3.8, 4) is 0 Å².